The number of halogens is 3. The van der Waals surface area contributed by atoms with Crippen LogP contribution in [0, 0.1) is 0 Å². The molecule has 1 aliphatic rings. The molecule has 1 aliphatic heterocycles. The zero-order valence-corrected chi connectivity index (χ0v) is 9.10. The number of carbonyl (C=O) groups is 2. The van der Waals surface area contributed by atoms with Crippen molar-refractivity contribution in [3.05, 3.63) is 34.4 Å². The molecule has 7 heteroatoms. The van der Waals surface area contributed by atoms with Gasteiger partial charge in [0.15, 0.2) is 5.78 Å². The van der Waals surface area contributed by atoms with E-state index in [0.29, 0.717) is 0 Å². The third kappa shape index (κ3) is 2.00. The molecule has 1 aromatic rings. The minimum atomic E-state index is -4.61. The number of nitrogens with one attached hydrogen (secondary N) is 1. The normalized spacial score (nSPS) is 14.3. The Hall–Kier alpha value is -1.79. The van der Waals surface area contributed by atoms with E-state index in [4.69, 9.17) is 7.85 Å². The number of rotatable bonds is 2. The number of carbonyl (C=O) groups excluding carboxylic acids is 2. The smallest absolute Gasteiger partial charge is 0.348 e. The molecular formula is C11H7BF3NO2. The molecule has 0 saturated carbocycles. The number of ketones is 1. The number of benzene rings is 1. The predicted molar refractivity (Wildman–Crippen MR) is 57.5 cm³/mol. The van der Waals surface area contributed by atoms with E-state index in [0.717, 1.165) is 12.1 Å². The SMILES string of the molecule is [B]CC(=O)c1cc2c(c(C(F)(F)F)c1)CNC2=O. The molecule has 0 unspecified atom stereocenters. The van der Waals surface area contributed by atoms with E-state index in [-0.39, 0.29) is 23.2 Å². The highest BCUT2D eigenvalue weighted by molar-refractivity contribution is 6.24. The Morgan fingerprint density at radius 3 is 2.61 bits per heavy atom. The number of Topliss-reactive ketones (excluding diaryl/α,β-unsaturated/α-hetero) is 1. The number of alkyl halides is 3. The van der Waals surface area contributed by atoms with E-state index in [2.05, 4.69) is 5.32 Å². The molecule has 0 fully saturated rings. The molecule has 0 aromatic heterocycles. The van der Waals surface area contributed by atoms with Crippen LogP contribution in [0.1, 0.15) is 31.8 Å². The van der Waals surface area contributed by atoms with Crippen LogP contribution < -0.4 is 5.32 Å². The molecule has 1 N–H and O–H groups in total. The summed E-state index contributed by atoms with van der Waals surface area (Å²) in [5.74, 6) is -1.25. The van der Waals surface area contributed by atoms with Crippen LogP contribution in [0.25, 0.3) is 0 Å². The molecule has 2 rings (SSSR count). The molecule has 3 nitrogen and oxygen atoms in total. The summed E-state index contributed by atoms with van der Waals surface area (Å²) in [7, 11) is 5.11. The van der Waals surface area contributed by atoms with E-state index in [9.17, 15) is 22.8 Å². The summed E-state index contributed by atoms with van der Waals surface area (Å²) >= 11 is 0. The van der Waals surface area contributed by atoms with Crippen LogP contribution in [0.4, 0.5) is 13.2 Å². The summed E-state index contributed by atoms with van der Waals surface area (Å²) in [4.78, 5) is 22.8. The first-order chi connectivity index (χ1) is 8.34. The van der Waals surface area contributed by atoms with Crippen LogP contribution in [0.3, 0.4) is 0 Å². The Balaban J connectivity index is 2.66. The quantitative estimate of drug-likeness (QED) is 0.644. The number of amides is 1. The molecule has 0 saturated heterocycles. The molecular weight excluding hydrogens is 246 g/mol. The van der Waals surface area contributed by atoms with Crippen molar-refractivity contribution in [2.75, 3.05) is 0 Å². The van der Waals surface area contributed by atoms with Gasteiger partial charge in [0, 0.05) is 17.7 Å². The first-order valence-electron chi connectivity index (χ1n) is 5.10. The minimum absolute atomic E-state index is 0.110. The standard InChI is InChI=1S/C11H7BF3NO2/c12-3-9(17)5-1-6-7(4-16-10(6)18)8(2-5)11(13,14)15/h1-2H,3-4H2,(H,16,18). The van der Waals surface area contributed by atoms with E-state index >= 15 is 0 Å². The van der Waals surface area contributed by atoms with Crippen molar-refractivity contribution in [3.8, 4) is 0 Å². The lowest BCUT2D eigenvalue weighted by molar-refractivity contribution is -0.138. The Morgan fingerprint density at radius 2 is 2.06 bits per heavy atom. The van der Waals surface area contributed by atoms with E-state index in [1.54, 1.807) is 0 Å². The number of fused-ring (bicyclic) bond motifs is 1. The molecule has 1 amide bonds. The predicted octanol–water partition coefficient (Wildman–Crippen LogP) is 1.72. The molecule has 1 aromatic carbocycles. The zero-order valence-electron chi connectivity index (χ0n) is 9.10. The maximum atomic E-state index is 12.8. The summed E-state index contributed by atoms with van der Waals surface area (Å²) in [6, 6.07) is 1.90. The van der Waals surface area contributed by atoms with Crippen LogP contribution in [-0.4, -0.2) is 19.5 Å². The molecule has 0 aliphatic carbocycles. The topological polar surface area (TPSA) is 46.2 Å². The highest BCUT2D eigenvalue weighted by Crippen LogP contribution is 2.36. The fraction of sp³-hybridized carbons (Fsp3) is 0.273. The van der Waals surface area contributed by atoms with Crippen LogP contribution in [-0.2, 0) is 12.7 Å². The fourth-order valence-electron chi connectivity index (χ4n) is 1.86. The lowest BCUT2D eigenvalue weighted by Gasteiger charge is -2.12. The average molecular weight is 253 g/mol. The minimum Gasteiger partial charge on any atom is -0.348 e. The Morgan fingerprint density at radius 1 is 1.39 bits per heavy atom. The van der Waals surface area contributed by atoms with Crippen LogP contribution in [0.5, 0.6) is 0 Å². The maximum Gasteiger partial charge on any atom is 0.416 e. The van der Waals surface area contributed by atoms with E-state index in [1.807, 2.05) is 0 Å². The maximum absolute atomic E-state index is 12.8. The monoisotopic (exact) mass is 253 g/mol. The molecule has 2 radical (unpaired) electrons. The van der Waals surface area contributed by atoms with Gasteiger partial charge in [0.1, 0.15) is 0 Å². The molecule has 0 spiro atoms. The molecule has 0 atom stereocenters. The van der Waals surface area contributed by atoms with Gasteiger partial charge in [-0.15, -0.1) is 0 Å². The van der Waals surface area contributed by atoms with Crippen molar-refractivity contribution >= 4 is 19.5 Å². The number of hydrogen-bond donors (Lipinski definition) is 1. The van der Waals surface area contributed by atoms with Gasteiger partial charge in [0.05, 0.1) is 13.4 Å². The molecule has 1 heterocycles. The Bertz CT molecular complexity index is 540. The second-order valence-electron chi connectivity index (χ2n) is 3.86. The highest BCUT2D eigenvalue weighted by atomic mass is 19.4. The largest absolute Gasteiger partial charge is 0.416 e. The fourth-order valence-corrected chi connectivity index (χ4v) is 1.86. The van der Waals surface area contributed by atoms with Gasteiger partial charge in [0.2, 0.25) is 0 Å². The Kier molecular flexibility index (Phi) is 2.92. The zero-order chi connectivity index (χ0) is 13.5. The summed E-state index contributed by atoms with van der Waals surface area (Å²) < 4.78 is 38.5. The second-order valence-corrected chi connectivity index (χ2v) is 3.86. The number of hydrogen-bond acceptors (Lipinski definition) is 2. The van der Waals surface area contributed by atoms with Crippen molar-refractivity contribution in [2.24, 2.45) is 0 Å². The highest BCUT2D eigenvalue weighted by Gasteiger charge is 2.38. The molecule has 18 heavy (non-hydrogen) atoms. The summed E-state index contributed by atoms with van der Waals surface area (Å²) in [6.07, 6.45) is -5.01. The third-order valence-corrected chi connectivity index (χ3v) is 2.73. The molecule has 0 bridgehead atoms. The van der Waals surface area contributed by atoms with Gasteiger partial charge >= 0.3 is 6.18 Å². The van der Waals surface area contributed by atoms with Crippen LogP contribution in [0.2, 0.25) is 6.32 Å². The first-order valence-corrected chi connectivity index (χ1v) is 5.10. The summed E-state index contributed by atoms with van der Waals surface area (Å²) in [5, 5.41) is 2.30. The van der Waals surface area contributed by atoms with Crippen LogP contribution >= 0.6 is 0 Å². The van der Waals surface area contributed by atoms with Gasteiger partial charge < -0.3 is 5.32 Å². The van der Waals surface area contributed by atoms with Gasteiger partial charge in [-0.05, 0) is 24.0 Å². The average Bonchev–Trinajstić information content (AvgIpc) is 2.68. The lowest BCUT2D eigenvalue weighted by atomic mass is 9.91. The van der Waals surface area contributed by atoms with Crippen molar-refractivity contribution in [1.82, 2.24) is 5.32 Å². The summed E-state index contributed by atoms with van der Waals surface area (Å²) in [6.45, 7) is -0.180. The van der Waals surface area contributed by atoms with Gasteiger partial charge in [-0.1, -0.05) is 0 Å². The van der Waals surface area contributed by atoms with Gasteiger partial charge in [-0.2, -0.15) is 13.2 Å². The van der Waals surface area contributed by atoms with Gasteiger partial charge in [-0.25, -0.2) is 0 Å². The Labute approximate surface area is 102 Å². The van der Waals surface area contributed by atoms with E-state index < -0.39 is 29.8 Å². The molecule has 92 valence electrons. The summed E-state index contributed by atoms with van der Waals surface area (Å²) in [5.41, 5.74) is -1.39. The third-order valence-electron chi connectivity index (χ3n) is 2.73. The van der Waals surface area contributed by atoms with Crippen molar-refractivity contribution in [1.29, 1.82) is 0 Å². The van der Waals surface area contributed by atoms with Crippen molar-refractivity contribution < 1.29 is 22.8 Å². The first kappa shape index (κ1) is 12.7. The van der Waals surface area contributed by atoms with Crippen molar-refractivity contribution in [2.45, 2.75) is 19.0 Å². The van der Waals surface area contributed by atoms with Crippen molar-refractivity contribution in [3.63, 3.8) is 0 Å². The van der Waals surface area contributed by atoms with Gasteiger partial charge in [-0.3, -0.25) is 9.59 Å². The van der Waals surface area contributed by atoms with E-state index in [1.165, 1.54) is 0 Å². The van der Waals surface area contributed by atoms with Crippen LogP contribution in [0.15, 0.2) is 12.1 Å². The second kappa shape index (κ2) is 4.15. The van der Waals surface area contributed by atoms with Gasteiger partial charge in [0.25, 0.3) is 5.91 Å². The lowest BCUT2D eigenvalue weighted by Crippen LogP contribution is -2.12.